The van der Waals surface area contributed by atoms with E-state index in [2.05, 4.69) is 147 Å². The van der Waals surface area contributed by atoms with Gasteiger partial charge in [0.2, 0.25) is 0 Å². The van der Waals surface area contributed by atoms with Gasteiger partial charge < -0.3 is 9.88 Å². The Labute approximate surface area is 236 Å². The summed E-state index contributed by atoms with van der Waals surface area (Å²) in [7, 11) is 0. The predicted molar refractivity (Wildman–Crippen MR) is 166 cm³/mol. The van der Waals surface area contributed by atoms with Crippen molar-refractivity contribution in [3.05, 3.63) is 160 Å². The topological polar surface area (TPSA) is 29.3 Å². The van der Waals surface area contributed by atoms with Crippen molar-refractivity contribution in [1.29, 1.82) is 0 Å². The summed E-state index contributed by atoms with van der Waals surface area (Å²) in [5.41, 5.74) is 9.36. The Balaban J connectivity index is 1.38. The summed E-state index contributed by atoms with van der Waals surface area (Å²) in [6, 6.07) is 36.1. The molecular formula is C35H26BrN3. The van der Waals surface area contributed by atoms with E-state index >= 15 is 0 Å². The minimum atomic E-state index is -0.122. The number of benzene rings is 4. The molecule has 1 unspecified atom stereocenters. The van der Waals surface area contributed by atoms with Gasteiger partial charge in [-0.05, 0) is 41.5 Å². The van der Waals surface area contributed by atoms with Gasteiger partial charge in [0.1, 0.15) is 5.84 Å². The summed E-state index contributed by atoms with van der Waals surface area (Å²) >= 11 is 3.70. The molecule has 1 aliphatic carbocycles. The van der Waals surface area contributed by atoms with Gasteiger partial charge in [-0.1, -0.05) is 119 Å². The lowest BCUT2D eigenvalue weighted by Crippen LogP contribution is -2.27. The zero-order valence-electron chi connectivity index (χ0n) is 21.3. The zero-order valence-corrected chi connectivity index (χ0v) is 22.8. The summed E-state index contributed by atoms with van der Waals surface area (Å²) in [5, 5.41) is 4.85. The molecule has 3 nitrogen and oxygen atoms in total. The number of allylic oxidation sites excluding steroid dienone is 3. The van der Waals surface area contributed by atoms with E-state index in [1.165, 1.54) is 22.2 Å². The maximum Gasteiger partial charge on any atom is 0.133 e. The van der Waals surface area contributed by atoms with Crippen LogP contribution in [0, 0.1) is 0 Å². The minimum Gasteiger partial charge on any atom is -0.340 e. The van der Waals surface area contributed by atoms with Crippen LogP contribution in [0.3, 0.4) is 0 Å². The maximum atomic E-state index is 5.19. The lowest BCUT2D eigenvalue weighted by Gasteiger charge is -2.24. The lowest BCUT2D eigenvalue weighted by molar-refractivity contribution is 0.875. The van der Waals surface area contributed by atoms with E-state index in [4.69, 9.17) is 4.99 Å². The predicted octanol–water partition coefficient (Wildman–Crippen LogP) is 8.65. The third kappa shape index (κ3) is 4.47. The van der Waals surface area contributed by atoms with Crippen LogP contribution >= 0.6 is 15.9 Å². The Hall–Kier alpha value is -4.41. The molecule has 1 aromatic heterocycles. The Morgan fingerprint density at radius 3 is 2.41 bits per heavy atom. The number of aliphatic imine (C=N–C) groups is 1. The van der Waals surface area contributed by atoms with E-state index in [1.54, 1.807) is 0 Å². The minimum absolute atomic E-state index is 0.122. The second-order valence-electron chi connectivity index (χ2n) is 9.80. The van der Waals surface area contributed by atoms with Crippen LogP contribution in [0.15, 0.2) is 137 Å². The number of fused-ring (bicyclic) bond motifs is 3. The highest BCUT2D eigenvalue weighted by Crippen LogP contribution is 2.36. The molecule has 39 heavy (non-hydrogen) atoms. The molecule has 0 radical (unpaired) electrons. The Morgan fingerprint density at radius 2 is 1.59 bits per heavy atom. The van der Waals surface area contributed by atoms with Crippen molar-refractivity contribution in [3.8, 4) is 5.69 Å². The van der Waals surface area contributed by atoms with Crippen molar-refractivity contribution in [1.82, 2.24) is 9.88 Å². The first-order chi connectivity index (χ1) is 19.2. The summed E-state index contributed by atoms with van der Waals surface area (Å²) in [6.45, 7) is 0. The van der Waals surface area contributed by atoms with Crippen molar-refractivity contribution in [2.75, 3.05) is 0 Å². The van der Waals surface area contributed by atoms with E-state index in [0.717, 1.165) is 44.8 Å². The average molecular weight is 569 g/mol. The monoisotopic (exact) mass is 567 g/mol. The summed E-state index contributed by atoms with van der Waals surface area (Å²) in [6.07, 6.45) is 11.8. The number of aromatic nitrogens is 1. The number of nitrogens with one attached hydrogen (secondary N) is 1. The van der Waals surface area contributed by atoms with Gasteiger partial charge in [-0.25, -0.2) is 0 Å². The molecule has 4 aromatic carbocycles. The van der Waals surface area contributed by atoms with Crippen molar-refractivity contribution in [2.24, 2.45) is 4.99 Å². The molecule has 0 bridgehead atoms. The van der Waals surface area contributed by atoms with Crippen LogP contribution in [0.4, 0.5) is 0 Å². The maximum absolute atomic E-state index is 5.19. The summed E-state index contributed by atoms with van der Waals surface area (Å²) in [4.78, 5) is 5.19. The second-order valence-corrected chi connectivity index (χ2v) is 10.7. The van der Waals surface area contributed by atoms with Crippen LogP contribution in [-0.2, 0) is 6.42 Å². The second kappa shape index (κ2) is 10.0. The third-order valence-electron chi connectivity index (χ3n) is 7.34. The molecular weight excluding hydrogens is 542 g/mol. The highest BCUT2D eigenvalue weighted by molar-refractivity contribution is 9.10. The van der Waals surface area contributed by atoms with Crippen LogP contribution in [0.25, 0.3) is 28.4 Å². The number of hydrogen-bond acceptors (Lipinski definition) is 2. The molecule has 0 spiro atoms. The Kier molecular flexibility index (Phi) is 6.10. The van der Waals surface area contributed by atoms with Crippen LogP contribution in [0.5, 0.6) is 0 Å². The van der Waals surface area contributed by atoms with Crippen LogP contribution in [0.2, 0.25) is 0 Å². The van der Waals surface area contributed by atoms with E-state index < -0.39 is 0 Å². The van der Waals surface area contributed by atoms with Crippen LogP contribution in [0.1, 0.15) is 34.0 Å². The Bertz CT molecular complexity index is 1750. The number of rotatable bonds is 4. The van der Waals surface area contributed by atoms with Crippen molar-refractivity contribution in [3.63, 3.8) is 0 Å². The van der Waals surface area contributed by atoms with Crippen molar-refractivity contribution >= 4 is 44.4 Å². The van der Waals surface area contributed by atoms with Gasteiger partial charge in [0.15, 0.2) is 0 Å². The first-order valence-corrected chi connectivity index (χ1v) is 14.0. The standard InChI is InChI=1S/C35H26BrN3/c36-27-19-20-30-29-17-8-3-9-18-33(29)39(34(30)22-27)28-16-10-15-26(21-28)32-23-31(24-11-4-1-5-12-24)37-35(38-32)25-13-6-2-7-14-25/h1-17,19-23,32H,18H2,(H,37,38). The quantitative estimate of drug-likeness (QED) is 0.231. The molecule has 0 fully saturated rings. The van der Waals surface area contributed by atoms with Crippen molar-refractivity contribution < 1.29 is 0 Å². The number of hydrogen-bond donors (Lipinski definition) is 1. The molecule has 4 heteroatoms. The van der Waals surface area contributed by atoms with Crippen LogP contribution in [-0.4, -0.2) is 10.4 Å². The first-order valence-electron chi connectivity index (χ1n) is 13.2. The number of halogens is 1. The highest BCUT2D eigenvalue weighted by atomic mass is 79.9. The number of nitrogens with zero attached hydrogens (tertiary/aromatic N) is 2. The molecule has 188 valence electrons. The first kappa shape index (κ1) is 23.7. The van der Waals surface area contributed by atoms with E-state index in [9.17, 15) is 0 Å². The number of amidine groups is 1. The molecule has 0 saturated carbocycles. The molecule has 1 N–H and O–H groups in total. The molecule has 1 atom stereocenters. The lowest BCUT2D eigenvalue weighted by atomic mass is 10.00. The molecule has 2 heterocycles. The van der Waals surface area contributed by atoms with Gasteiger partial charge in [0.25, 0.3) is 0 Å². The van der Waals surface area contributed by atoms with Gasteiger partial charge >= 0.3 is 0 Å². The van der Waals surface area contributed by atoms with Gasteiger partial charge in [0, 0.05) is 44.5 Å². The molecule has 5 aromatic rings. The fraction of sp³-hybridized carbons (Fsp3) is 0.0571. The normalized spacial score (nSPS) is 16.3. The molecule has 0 saturated heterocycles. The molecule has 7 rings (SSSR count). The van der Waals surface area contributed by atoms with Gasteiger partial charge in [0.05, 0.1) is 11.6 Å². The van der Waals surface area contributed by atoms with Crippen molar-refractivity contribution in [2.45, 2.75) is 12.5 Å². The van der Waals surface area contributed by atoms with E-state index in [-0.39, 0.29) is 6.04 Å². The van der Waals surface area contributed by atoms with E-state index in [0.29, 0.717) is 0 Å². The van der Waals surface area contributed by atoms with E-state index in [1.807, 2.05) is 12.1 Å². The fourth-order valence-corrected chi connectivity index (χ4v) is 5.86. The largest absolute Gasteiger partial charge is 0.340 e. The van der Waals surface area contributed by atoms with Crippen LogP contribution < -0.4 is 5.32 Å². The Morgan fingerprint density at radius 1 is 0.795 bits per heavy atom. The highest BCUT2D eigenvalue weighted by Gasteiger charge is 2.21. The molecule has 1 aliphatic heterocycles. The van der Waals surface area contributed by atoms with Gasteiger partial charge in [-0.2, -0.15) is 0 Å². The molecule has 2 aliphatic rings. The third-order valence-corrected chi connectivity index (χ3v) is 7.83. The smallest absolute Gasteiger partial charge is 0.133 e. The molecule has 0 amide bonds. The van der Waals surface area contributed by atoms with Gasteiger partial charge in [-0.15, -0.1) is 0 Å². The van der Waals surface area contributed by atoms with Gasteiger partial charge in [-0.3, -0.25) is 4.99 Å². The zero-order chi connectivity index (χ0) is 26.2. The fourth-order valence-electron chi connectivity index (χ4n) is 5.51. The summed E-state index contributed by atoms with van der Waals surface area (Å²) in [5.74, 6) is 0.881. The average Bonchev–Trinajstić information content (AvgIpc) is 3.11. The summed E-state index contributed by atoms with van der Waals surface area (Å²) < 4.78 is 3.48. The SMILES string of the molecule is Brc1ccc2c3c(n(-c4cccc(C5C=C(c6ccccc6)NC(c6ccccc6)=N5)c4)c2c1)CC=CC=C3.